The lowest BCUT2D eigenvalue weighted by Crippen LogP contribution is -2.14. The Kier molecular flexibility index (Phi) is 5.93. The molecular weight excluding hydrogens is 398 g/mol. The minimum Gasteiger partial charge on any atom is -0.322 e. The smallest absolute Gasteiger partial charge is 0.261 e. The van der Waals surface area contributed by atoms with Crippen molar-refractivity contribution >= 4 is 27.3 Å². The van der Waals surface area contributed by atoms with E-state index in [2.05, 4.69) is 10.0 Å². The highest BCUT2D eigenvalue weighted by Gasteiger charge is 2.17. The average Bonchev–Trinajstić information content (AvgIpc) is 2.70. The highest BCUT2D eigenvalue weighted by Crippen LogP contribution is 2.19. The van der Waals surface area contributed by atoms with Gasteiger partial charge in [0.15, 0.2) is 11.6 Å². The normalized spacial score (nSPS) is 11.1. The molecule has 2 N–H and O–H groups in total. The number of carbonyl (C=O) groups is 1. The number of halogens is 2. The van der Waals surface area contributed by atoms with Gasteiger partial charge in [0.2, 0.25) is 0 Å². The van der Waals surface area contributed by atoms with Gasteiger partial charge < -0.3 is 5.32 Å². The number of carbonyl (C=O) groups excluding carboxylic acids is 1. The van der Waals surface area contributed by atoms with Gasteiger partial charge in [-0.15, -0.1) is 0 Å². The Labute approximate surface area is 167 Å². The van der Waals surface area contributed by atoms with E-state index in [4.69, 9.17) is 0 Å². The average molecular weight is 416 g/mol. The minimum atomic E-state index is -4.10. The van der Waals surface area contributed by atoms with E-state index in [1.54, 1.807) is 6.07 Å². The lowest BCUT2D eigenvalue weighted by Gasteiger charge is -2.10. The Hall–Kier alpha value is -3.26. The molecule has 3 rings (SSSR count). The van der Waals surface area contributed by atoms with Gasteiger partial charge in [0.05, 0.1) is 4.90 Å². The standard InChI is InChI=1S/C21H18F2N2O3S/c1-2-14-4-3-5-17(12-14)24-21(26)15-6-8-16(9-7-15)25-29(27,28)18-10-11-19(22)20(23)13-18/h3-13,25H,2H2,1H3,(H,24,26). The second-order valence-corrected chi connectivity index (χ2v) is 7.95. The van der Waals surface area contributed by atoms with Crippen LogP contribution >= 0.6 is 0 Å². The maximum absolute atomic E-state index is 13.3. The maximum Gasteiger partial charge on any atom is 0.261 e. The molecule has 0 radical (unpaired) electrons. The first-order valence-electron chi connectivity index (χ1n) is 8.77. The zero-order valence-corrected chi connectivity index (χ0v) is 16.3. The van der Waals surface area contributed by atoms with Crippen molar-refractivity contribution in [3.8, 4) is 0 Å². The van der Waals surface area contributed by atoms with Gasteiger partial charge in [-0.25, -0.2) is 17.2 Å². The van der Waals surface area contributed by atoms with Gasteiger partial charge in [-0.05, 0) is 66.6 Å². The van der Waals surface area contributed by atoms with Gasteiger partial charge in [-0.2, -0.15) is 0 Å². The number of rotatable bonds is 6. The molecule has 0 atom stereocenters. The van der Waals surface area contributed by atoms with E-state index >= 15 is 0 Å². The molecular formula is C21H18F2N2O3S. The lowest BCUT2D eigenvalue weighted by molar-refractivity contribution is 0.102. The summed E-state index contributed by atoms with van der Waals surface area (Å²) >= 11 is 0. The molecule has 0 saturated carbocycles. The molecule has 0 spiro atoms. The van der Waals surface area contributed by atoms with E-state index in [1.165, 1.54) is 24.3 Å². The van der Waals surface area contributed by atoms with Crippen LogP contribution in [0.25, 0.3) is 0 Å². The zero-order chi connectivity index (χ0) is 21.0. The summed E-state index contributed by atoms with van der Waals surface area (Å²) in [6, 6.07) is 15.5. The third-order valence-corrected chi connectivity index (χ3v) is 5.57. The molecule has 5 nitrogen and oxygen atoms in total. The van der Waals surface area contributed by atoms with Crippen molar-refractivity contribution in [2.75, 3.05) is 10.0 Å². The van der Waals surface area contributed by atoms with Gasteiger partial charge >= 0.3 is 0 Å². The Morgan fingerprint density at radius 2 is 1.62 bits per heavy atom. The fraction of sp³-hybridized carbons (Fsp3) is 0.0952. The molecule has 0 aromatic heterocycles. The van der Waals surface area contributed by atoms with Crippen LogP contribution in [0.1, 0.15) is 22.8 Å². The molecule has 0 unspecified atom stereocenters. The topological polar surface area (TPSA) is 75.3 Å². The molecule has 1 amide bonds. The SMILES string of the molecule is CCc1cccc(NC(=O)c2ccc(NS(=O)(=O)c3ccc(F)c(F)c3)cc2)c1. The van der Waals surface area contributed by atoms with Crippen LogP contribution in [0.2, 0.25) is 0 Å². The van der Waals surface area contributed by atoms with Crippen LogP contribution in [0, 0.1) is 11.6 Å². The third kappa shape index (κ3) is 4.97. The highest BCUT2D eigenvalue weighted by molar-refractivity contribution is 7.92. The second kappa shape index (κ2) is 8.40. The van der Waals surface area contributed by atoms with Crippen LogP contribution in [-0.2, 0) is 16.4 Å². The second-order valence-electron chi connectivity index (χ2n) is 6.27. The van der Waals surface area contributed by atoms with Crippen LogP contribution in [0.15, 0.2) is 71.6 Å². The van der Waals surface area contributed by atoms with E-state index in [9.17, 15) is 22.0 Å². The van der Waals surface area contributed by atoms with E-state index in [1.807, 2.05) is 25.1 Å². The quantitative estimate of drug-likeness (QED) is 0.618. The van der Waals surface area contributed by atoms with Crippen molar-refractivity contribution in [2.45, 2.75) is 18.2 Å². The van der Waals surface area contributed by atoms with Gasteiger partial charge in [0, 0.05) is 16.9 Å². The van der Waals surface area contributed by atoms with Crippen LogP contribution in [0.4, 0.5) is 20.2 Å². The molecule has 8 heteroatoms. The molecule has 0 aliphatic carbocycles. The summed E-state index contributed by atoms with van der Waals surface area (Å²) in [6.45, 7) is 2.01. The summed E-state index contributed by atoms with van der Waals surface area (Å²) in [5.74, 6) is -2.73. The fourth-order valence-electron chi connectivity index (χ4n) is 2.62. The molecule has 3 aromatic rings. The molecule has 0 aliphatic rings. The molecule has 29 heavy (non-hydrogen) atoms. The van der Waals surface area contributed by atoms with Gasteiger partial charge in [-0.1, -0.05) is 19.1 Å². The van der Waals surface area contributed by atoms with E-state index < -0.39 is 26.6 Å². The van der Waals surface area contributed by atoms with Gasteiger partial charge in [0.25, 0.3) is 15.9 Å². The first-order chi connectivity index (χ1) is 13.8. The monoisotopic (exact) mass is 416 g/mol. The van der Waals surface area contributed by atoms with E-state index in [0.29, 0.717) is 17.3 Å². The molecule has 0 aliphatic heterocycles. The fourth-order valence-corrected chi connectivity index (χ4v) is 3.69. The summed E-state index contributed by atoms with van der Waals surface area (Å²) in [6.07, 6.45) is 0.844. The summed E-state index contributed by atoms with van der Waals surface area (Å²) in [5.41, 5.74) is 2.27. The first kappa shape index (κ1) is 20.5. The Bertz CT molecular complexity index is 1150. The van der Waals surface area contributed by atoms with Crippen molar-refractivity contribution in [1.82, 2.24) is 0 Å². The summed E-state index contributed by atoms with van der Waals surface area (Å²) in [5, 5.41) is 2.78. The van der Waals surface area contributed by atoms with Crippen molar-refractivity contribution < 1.29 is 22.0 Å². The Morgan fingerprint density at radius 3 is 2.28 bits per heavy atom. The first-order valence-corrected chi connectivity index (χ1v) is 10.2. The number of aryl methyl sites for hydroxylation is 1. The highest BCUT2D eigenvalue weighted by atomic mass is 32.2. The summed E-state index contributed by atoms with van der Waals surface area (Å²) < 4.78 is 53.2. The Balaban J connectivity index is 1.72. The van der Waals surface area contributed by atoms with Crippen LogP contribution in [0.5, 0.6) is 0 Å². The van der Waals surface area contributed by atoms with E-state index in [0.717, 1.165) is 24.1 Å². The van der Waals surface area contributed by atoms with Crippen molar-refractivity contribution in [1.29, 1.82) is 0 Å². The zero-order valence-electron chi connectivity index (χ0n) is 15.4. The molecule has 3 aromatic carbocycles. The number of anilines is 2. The number of hydrogen-bond acceptors (Lipinski definition) is 3. The number of sulfonamides is 1. The van der Waals surface area contributed by atoms with Crippen molar-refractivity contribution in [2.24, 2.45) is 0 Å². The Morgan fingerprint density at radius 1 is 0.897 bits per heavy atom. The largest absolute Gasteiger partial charge is 0.322 e. The molecule has 0 bridgehead atoms. The maximum atomic E-state index is 13.3. The lowest BCUT2D eigenvalue weighted by atomic mass is 10.1. The van der Waals surface area contributed by atoms with Crippen molar-refractivity contribution in [3.05, 3.63) is 89.5 Å². The van der Waals surface area contributed by atoms with E-state index in [-0.39, 0.29) is 11.6 Å². The summed E-state index contributed by atoms with van der Waals surface area (Å²) in [7, 11) is -4.10. The number of benzene rings is 3. The molecule has 0 saturated heterocycles. The molecule has 150 valence electrons. The van der Waals surface area contributed by atoms with Crippen LogP contribution in [0.3, 0.4) is 0 Å². The van der Waals surface area contributed by atoms with Crippen molar-refractivity contribution in [3.63, 3.8) is 0 Å². The van der Waals surface area contributed by atoms with Crippen LogP contribution < -0.4 is 10.0 Å². The number of amides is 1. The number of hydrogen-bond donors (Lipinski definition) is 2. The van der Waals surface area contributed by atoms with Gasteiger partial charge in [-0.3, -0.25) is 9.52 Å². The summed E-state index contributed by atoms with van der Waals surface area (Å²) in [4.78, 5) is 12.0. The third-order valence-electron chi connectivity index (χ3n) is 4.19. The van der Waals surface area contributed by atoms with Gasteiger partial charge in [0.1, 0.15) is 0 Å². The number of nitrogens with one attached hydrogen (secondary N) is 2. The predicted molar refractivity (Wildman–Crippen MR) is 107 cm³/mol. The predicted octanol–water partition coefficient (Wildman–Crippen LogP) is 4.58. The molecule has 0 fully saturated rings. The minimum absolute atomic E-state index is 0.180. The molecule has 0 heterocycles. The van der Waals surface area contributed by atoms with Crippen LogP contribution in [-0.4, -0.2) is 14.3 Å².